The lowest BCUT2D eigenvalue weighted by Gasteiger charge is -2.45. The average molecular weight is 595 g/mol. The van der Waals surface area contributed by atoms with Crippen LogP contribution in [0.25, 0.3) is 22.3 Å². The predicted molar refractivity (Wildman–Crippen MR) is 138 cm³/mol. The zero-order valence-electron chi connectivity index (χ0n) is 21.7. The van der Waals surface area contributed by atoms with E-state index in [9.17, 15) is 50.8 Å². The van der Waals surface area contributed by atoms with E-state index in [0.29, 0.717) is 5.56 Å². The van der Waals surface area contributed by atoms with Crippen molar-refractivity contribution in [3.8, 4) is 28.6 Å². The number of aliphatic hydroxyl groups is 7. The number of ether oxygens (including phenoxy) is 4. The highest BCUT2D eigenvalue weighted by atomic mass is 16.8. The standard InChI is InChI=1S/C27H30O15/c28-8-17-20(33)22(35)24(37)26(40-17)42-25-23(36)21(34)18(9-29)41-27(25)38-12-5-13(31)19-14(32)7-15(39-16(19)6-12)10-1-3-11(30)4-2-10/h1-7,17-18,20-31,33-37H,8-9H2/t17-,18-,20-,21-,22-,23+,24-,25-,26+,27-/m1/s1. The Labute approximate surface area is 236 Å². The van der Waals surface area contributed by atoms with Gasteiger partial charge in [-0.3, -0.25) is 4.79 Å². The molecule has 228 valence electrons. The largest absolute Gasteiger partial charge is 0.508 e. The van der Waals surface area contributed by atoms with E-state index in [1.807, 2.05) is 0 Å². The number of fused-ring (bicyclic) bond motifs is 1. The fourth-order valence-corrected chi connectivity index (χ4v) is 4.84. The van der Waals surface area contributed by atoms with Crippen LogP contribution in [0.5, 0.6) is 17.2 Å². The first kappa shape index (κ1) is 30.1. The first-order valence-corrected chi connectivity index (χ1v) is 12.9. The minimum atomic E-state index is -1.86. The first-order valence-electron chi connectivity index (χ1n) is 12.9. The van der Waals surface area contributed by atoms with Crippen molar-refractivity contribution in [1.29, 1.82) is 0 Å². The van der Waals surface area contributed by atoms with E-state index in [2.05, 4.69) is 0 Å². The van der Waals surface area contributed by atoms with Crippen molar-refractivity contribution in [2.45, 2.75) is 61.4 Å². The van der Waals surface area contributed by atoms with Gasteiger partial charge in [-0.1, -0.05) is 0 Å². The van der Waals surface area contributed by atoms with Gasteiger partial charge in [-0.15, -0.1) is 0 Å². The lowest BCUT2D eigenvalue weighted by Crippen LogP contribution is -2.65. The van der Waals surface area contributed by atoms with Gasteiger partial charge in [-0.25, -0.2) is 0 Å². The third-order valence-corrected chi connectivity index (χ3v) is 7.15. The summed E-state index contributed by atoms with van der Waals surface area (Å²) in [6.07, 6.45) is -16.7. The van der Waals surface area contributed by atoms with Crippen molar-refractivity contribution < 1.29 is 69.3 Å². The van der Waals surface area contributed by atoms with Gasteiger partial charge < -0.3 is 69.3 Å². The van der Waals surface area contributed by atoms with Gasteiger partial charge in [0, 0.05) is 23.8 Å². The molecule has 42 heavy (non-hydrogen) atoms. The summed E-state index contributed by atoms with van der Waals surface area (Å²) >= 11 is 0. The minimum Gasteiger partial charge on any atom is -0.508 e. The van der Waals surface area contributed by atoms with Crippen molar-refractivity contribution in [1.82, 2.24) is 0 Å². The lowest BCUT2D eigenvalue weighted by molar-refractivity contribution is -0.357. The van der Waals surface area contributed by atoms with Crippen LogP contribution in [0.3, 0.4) is 0 Å². The monoisotopic (exact) mass is 594 g/mol. The van der Waals surface area contributed by atoms with Crippen LogP contribution >= 0.6 is 0 Å². The second kappa shape index (κ2) is 12.1. The minimum absolute atomic E-state index is 0.00308. The maximum Gasteiger partial charge on any atom is 0.229 e. The van der Waals surface area contributed by atoms with Gasteiger partial charge in [0.1, 0.15) is 76.7 Å². The Morgan fingerprint density at radius 1 is 0.738 bits per heavy atom. The number of aromatic hydroxyl groups is 2. The second-order valence-electron chi connectivity index (χ2n) is 9.96. The van der Waals surface area contributed by atoms with Crippen molar-refractivity contribution in [3.05, 3.63) is 52.7 Å². The summed E-state index contributed by atoms with van der Waals surface area (Å²) in [4.78, 5) is 12.8. The van der Waals surface area contributed by atoms with Gasteiger partial charge in [0.15, 0.2) is 17.8 Å². The van der Waals surface area contributed by atoms with Crippen molar-refractivity contribution >= 4 is 11.0 Å². The van der Waals surface area contributed by atoms with Crippen LogP contribution in [-0.2, 0) is 14.2 Å². The van der Waals surface area contributed by atoms with E-state index in [1.165, 1.54) is 30.3 Å². The van der Waals surface area contributed by atoms with Crippen LogP contribution in [0.4, 0.5) is 0 Å². The van der Waals surface area contributed by atoms with Crippen LogP contribution in [0.15, 0.2) is 51.7 Å². The summed E-state index contributed by atoms with van der Waals surface area (Å²) < 4.78 is 28.2. The maximum atomic E-state index is 12.8. The Balaban J connectivity index is 1.47. The molecule has 5 rings (SSSR count). The number of benzene rings is 2. The number of hydrogen-bond donors (Lipinski definition) is 9. The molecule has 15 nitrogen and oxygen atoms in total. The van der Waals surface area contributed by atoms with Crippen LogP contribution in [-0.4, -0.2) is 121 Å². The molecule has 0 radical (unpaired) electrons. The van der Waals surface area contributed by atoms with E-state index in [0.717, 1.165) is 12.1 Å². The van der Waals surface area contributed by atoms with Gasteiger partial charge in [0.2, 0.25) is 6.29 Å². The van der Waals surface area contributed by atoms with E-state index < -0.39 is 85.8 Å². The highest BCUT2D eigenvalue weighted by Gasteiger charge is 2.51. The molecule has 0 spiro atoms. The Bertz CT molecular complexity index is 1440. The molecule has 0 amide bonds. The maximum absolute atomic E-state index is 12.8. The molecule has 9 N–H and O–H groups in total. The Kier molecular flexibility index (Phi) is 8.68. The highest BCUT2D eigenvalue weighted by molar-refractivity contribution is 5.86. The number of aliphatic hydroxyl groups excluding tert-OH is 7. The lowest BCUT2D eigenvalue weighted by atomic mass is 9.97. The topological polar surface area (TPSA) is 249 Å². The summed E-state index contributed by atoms with van der Waals surface area (Å²) in [6, 6.07) is 9.26. The third-order valence-electron chi connectivity index (χ3n) is 7.15. The number of hydrogen-bond acceptors (Lipinski definition) is 15. The van der Waals surface area contributed by atoms with E-state index in [4.69, 9.17) is 23.4 Å². The Morgan fingerprint density at radius 3 is 2.00 bits per heavy atom. The van der Waals surface area contributed by atoms with Crippen molar-refractivity contribution in [2.24, 2.45) is 0 Å². The quantitative estimate of drug-likeness (QED) is 0.142. The molecule has 0 saturated carbocycles. The van der Waals surface area contributed by atoms with Gasteiger partial charge >= 0.3 is 0 Å². The Morgan fingerprint density at radius 2 is 1.36 bits per heavy atom. The highest BCUT2D eigenvalue weighted by Crippen LogP contribution is 2.35. The predicted octanol–water partition coefficient (Wildman–Crippen LogP) is -2.13. The zero-order chi connectivity index (χ0) is 30.3. The molecule has 0 bridgehead atoms. The second-order valence-corrected chi connectivity index (χ2v) is 9.96. The van der Waals surface area contributed by atoms with Crippen LogP contribution in [0, 0.1) is 0 Å². The van der Waals surface area contributed by atoms with Crippen LogP contribution < -0.4 is 10.2 Å². The van der Waals surface area contributed by atoms with Gasteiger partial charge in [-0.2, -0.15) is 0 Å². The molecule has 1 aromatic heterocycles. The molecule has 15 heteroatoms. The molecule has 10 atom stereocenters. The molecule has 0 unspecified atom stereocenters. The van der Waals surface area contributed by atoms with Gasteiger partial charge in [-0.05, 0) is 24.3 Å². The summed E-state index contributed by atoms with van der Waals surface area (Å²) in [5.41, 5.74) is -0.244. The van der Waals surface area contributed by atoms with Gasteiger partial charge in [0.05, 0.1) is 13.2 Å². The summed E-state index contributed by atoms with van der Waals surface area (Å²) in [5.74, 6) is -0.592. The molecule has 2 aliphatic rings. The van der Waals surface area contributed by atoms with Crippen molar-refractivity contribution in [3.63, 3.8) is 0 Å². The van der Waals surface area contributed by atoms with E-state index >= 15 is 0 Å². The summed E-state index contributed by atoms with van der Waals surface area (Å²) in [5, 5.41) is 90.9. The first-order chi connectivity index (χ1) is 20.0. The number of phenolic OH excluding ortho intramolecular Hbond substituents is 2. The summed E-state index contributed by atoms with van der Waals surface area (Å²) in [6.45, 7) is -1.50. The van der Waals surface area contributed by atoms with E-state index in [1.54, 1.807) is 0 Å². The molecule has 2 aromatic carbocycles. The molecule has 0 aliphatic carbocycles. The van der Waals surface area contributed by atoms with E-state index in [-0.39, 0.29) is 28.2 Å². The smallest absolute Gasteiger partial charge is 0.229 e. The van der Waals surface area contributed by atoms with Gasteiger partial charge in [0.25, 0.3) is 0 Å². The molecule has 3 aromatic rings. The fourth-order valence-electron chi connectivity index (χ4n) is 4.84. The zero-order valence-corrected chi connectivity index (χ0v) is 21.7. The SMILES string of the molecule is O=c1cc(-c2ccc(O)cc2)oc2cc(O[C@@H]3O[C@H](CO)[C@@H](O)[C@H](O)[C@H]3O[C@@H]3O[C@H](CO)[C@@H](O)[C@@H](O)[C@H]3O)cc(O)c12. The van der Waals surface area contributed by atoms with Crippen LogP contribution in [0.2, 0.25) is 0 Å². The molecule has 2 saturated heterocycles. The molecule has 2 fully saturated rings. The third kappa shape index (κ3) is 5.67. The number of rotatable bonds is 7. The fraction of sp³-hybridized carbons (Fsp3) is 0.444. The van der Waals surface area contributed by atoms with Crippen LogP contribution in [0.1, 0.15) is 0 Å². The van der Waals surface area contributed by atoms with Crippen molar-refractivity contribution in [2.75, 3.05) is 13.2 Å². The molecule has 2 aliphatic heterocycles. The molecular formula is C27H30O15. The average Bonchev–Trinajstić information content (AvgIpc) is 2.96. The summed E-state index contributed by atoms with van der Waals surface area (Å²) in [7, 11) is 0. The number of phenols is 2. The molecular weight excluding hydrogens is 564 g/mol. The Hall–Kier alpha value is -3.35. The molecule has 3 heterocycles. The normalized spacial score (nSPS) is 33.5.